The zero-order valence-corrected chi connectivity index (χ0v) is 12.4. The van der Waals surface area contributed by atoms with Crippen LogP contribution >= 0.6 is 11.8 Å². The van der Waals surface area contributed by atoms with E-state index in [0.717, 1.165) is 25.0 Å². The van der Waals surface area contributed by atoms with E-state index in [9.17, 15) is 9.59 Å². The molecule has 2 unspecified atom stereocenters. The number of nitrogens with one attached hydrogen (secondary N) is 1. The maximum atomic E-state index is 12.4. The second kappa shape index (κ2) is 7.67. The number of carbonyl (C=O) groups excluding carboxylic acids is 2. The molecule has 1 N–H and O–H groups in total. The molecule has 0 aromatic heterocycles. The minimum Gasteiger partial charge on any atom is -0.344 e. The average Bonchev–Trinajstić information content (AvgIpc) is 2.48. The average molecular weight is 272 g/mol. The Balaban J connectivity index is 2.70. The van der Waals surface area contributed by atoms with Crippen molar-refractivity contribution in [3.63, 3.8) is 0 Å². The molecule has 1 saturated heterocycles. The Labute approximate surface area is 114 Å². The Bertz CT molecular complexity index is 297. The predicted octanol–water partition coefficient (Wildman–Crippen LogP) is 1.65. The highest BCUT2D eigenvalue weighted by Crippen LogP contribution is 2.14. The smallest absolute Gasteiger partial charge is 0.245 e. The molecule has 0 aromatic rings. The van der Waals surface area contributed by atoms with Gasteiger partial charge in [0.05, 0.1) is 0 Å². The number of hydrogen-bond acceptors (Lipinski definition) is 3. The number of thioether (sulfide) groups is 1. The molecule has 5 heteroatoms. The molecule has 1 aliphatic heterocycles. The first kappa shape index (κ1) is 15.3. The Morgan fingerprint density at radius 3 is 2.83 bits per heavy atom. The fourth-order valence-electron chi connectivity index (χ4n) is 2.23. The van der Waals surface area contributed by atoms with E-state index in [2.05, 4.69) is 18.5 Å². The molecule has 0 aromatic carbocycles. The highest BCUT2D eigenvalue weighted by molar-refractivity contribution is 7.98. The van der Waals surface area contributed by atoms with E-state index in [1.165, 1.54) is 0 Å². The van der Waals surface area contributed by atoms with Crippen LogP contribution in [0.3, 0.4) is 0 Å². The Kier molecular flexibility index (Phi) is 6.54. The Hall–Kier alpha value is -0.710. The fourth-order valence-corrected chi connectivity index (χ4v) is 2.80. The molecular formula is C13H24N2O2S. The first-order chi connectivity index (χ1) is 8.60. The van der Waals surface area contributed by atoms with Crippen molar-refractivity contribution in [3.05, 3.63) is 0 Å². The van der Waals surface area contributed by atoms with Gasteiger partial charge in [-0.2, -0.15) is 11.8 Å². The van der Waals surface area contributed by atoms with Crippen molar-refractivity contribution < 1.29 is 9.59 Å². The molecule has 1 rings (SSSR count). The lowest BCUT2D eigenvalue weighted by molar-refractivity contribution is -0.135. The summed E-state index contributed by atoms with van der Waals surface area (Å²) in [5.74, 6) is 1.14. The van der Waals surface area contributed by atoms with Gasteiger partial charge in [0.25, 0.3) is 0 Å². The molecule has 18 heavy (non-hydrogen) atoms. The molecule has 2 atom stereocenters. The summed E-state index contributed by atoms with van der Waals surface area (Å²) in [6, 6.07) is -0.0984. The van der Waals surface area contributed by atoms with Crippen LogP contribution in [-0.4, -0.2) is 47.4 Å². The first-order valence-corrected chi connectivity index (χ1v) is 8.08. The molecule has 0 spiro atoms. The maximum Gasteiger partial charge on any atom is 0.245 e. The van der Waals surface area contributed by atoms with Crippen LogP contribution in [0.2, 0.25) is 0 Å². The lowest BCUT2D eigenvalue weighted by atomic mass is 10.1. The molecule has 0 bridgehead atoms. The highest BCUT2D eigenvalue weighted by Gasteiger charge is 2.31. The van der Waals surface area contributed by atoms with Crippen molar-refractivity contribution in [1.82, 2.24) is 10.2 Å². The minimum absolute atomic E-state index is 0.00127. The second-order valence-corrected chi connectivity index (χ2v) is 5.81. The van der Waals surface area contributed by atoms with E-state index >= 15 is 0 Å². The minimum atomic E-state index is -0.318. The van der Waals surface area contributed by atoms with E-state index in [1.54, 1.807) is 11.8 Å². The van der Waals surface area contributed by atoms with E-state index in [1.807, 2.05) is 11.8 Å². The topological polar surface area (TPSA) is 49.4 Å². The maximum absolute atomic E-state index is 12.4. The second-order valence-electron chi connectivity index (χ2n) is 4.82. The van der Waals surface area contributed by atoms with Gasteiger partial charge < -0.3 is 10.2 Å². The van der Waals surface area contributed by atoms with Gasteiger partial charge in [0.2, 0.25) is 11.8 Å². The van der Waals surface area contributed by atoms with Crippen LogP contribution in [0, 0.1) is 0 Å². The predicted molar refractivity (Wildman–Crippen MR) is 75.6 cm³/mol. The molecule has 104 valence electrons. The van der Waals surface area contributed by atoms with E-state index in [0.29, 0.717) is 13.0 Å². The van der Waals surface area contributed by atoms with Gasteiger partial charge in [0.1, 0.15) is 6.04 Å². The number of nitrogens with zero attached hydrogens (tertiary/aromatic N) is 1. The Morgan fingerprint density at radius 2 is 2.22 bits per heavy atom. The van der Waals surface area contributed by atoms with E-state index in [4.69, 9.17) is 0 Å². The van der Waals surface area contributed by atoms with Crippen LogP contribution in [0.1, 0.15) is 39.5 Å². The van der Waals surface area contributed by atoms with Gasteiger partial charge >= 0.3 is 0 Å². The van der Waals surface area contributed by atoms with Crippen molar-refractivity contribution in [2.24, 2.45) is 0 Å². The third-order valence-corrected chi connectivity index (χ3v) is 3.99. The molecule has 1 aliphatic rings. The standard InChI is InChI=1S/C13H24N2O2S/c1-4-5-11-13(17)15(8-6-12(16)14-11)10(2)7-9-18-3/h10-11H,4-9H2,1-3H3,(H,14,16). The molecule has 2 amide bonds. The highest BCUT2D eigenvalue weighted by atomic mass is 32.2. The van der Waals surface area contributed by atoms with Crippen molar-refractivity contribution in [3.8, 4) is 0 Å². The molecular weight excluding hydrogens is 248 g/mol. The quantitative estimate of drug-likeness (QED) is 0.800. The van der Waals surface area contributed by atoms with Gasteiger partial charge in [-0.3, -0.25) is 9.59 Å². The lowest BCUT2D eigenvalue weighted by Gasteiger charge is -2.29. The van der Waals surface area contributed by atoms with Crippen molar-refractivity contribution in [2.75, 3.05) is 18.6 Å². The monoisotopic (exact) mass is 272 g/mol. The third-order valence-electron chi connectivity index (χ3n) is 3.35. The van der Waals surface area contributed by atoms with Crippen molar-refractivity contribution >= 4 is 23.6 Å². The van der Waals surface area contributed by atoms with Crippen LogP contribution in [-0.2, 0) is 9.59 Å². The van der Waals surface area contributed by atoms with Crippen LogP contribution in [0.4, 0.5) is 0 Å². The summed E-state index contributed by atoms with van der Waals surface area (Å²) >= 11 is 1.79. The lowest BCUT2D eigenvalue weighted by Crippen LogP contribution is -2.47. The summed E-state index contributed by atoms with van der Waals surface area (Å²) in [4.78, 5) is 25.9. The number of hydrogen-bond donors (Lipinski definition) is 1. The zero-order valence-electron chi connectivity index (χ0n) is 11.6. The van der Waals surface area contributed by atoms with Crippen LogP contribution in [0.5, 0.6) is 0 Å². The molecule has 1 heterocycles. The van der Waals surface area contributed by atoms with Crippen molar-refractivity contribution in [1.29, 1.82) is 0 Å². The first-order valence-electron chi connectivity index (χ1n) is 6.69. The van der Waals surface area contributed by atoms with Gasteiger partial charge in [-0.05, 0) is 31.8 Å². The zero-order chi connectivity index (χ0) is 13.5. The van der Waals surface area contributed by atoms with E-state index < -0.39 is 0 Å². The fraction of sp³-hybridized carbons (Fsp3) is 0.846. The van der Waals surface area contributed by atoms with E-state index in [-0.39, 0.29) is 23.9 Å². The normalized spacial score (nSPS) is 22.6. The summed E-state index contributed by atoms with van der Waals surface area (Å²) in [7, 11) is 0. The van der Waals surface area contributed by atoms with Crippen LogP contribution in [0.15, 0.2) is 0 Å². The largest absolute Gasteiger partial charge is 0.344 e. The van der Waals surface area contributed by atoms with Gasteiger partial charge in [-0.1, -0.05) is 13.3 Å². The van der Waals surface area contributed by atoms with Gasteiger partial charge in [0.15, 0.2) is 0 Å². The summed E-state index contributed by atoms with van der Waals surface area (Å²) < 4.78 is 0. The van der Waals surface area contributed by atoms with Crippen LogP contribution in [0.25, 0.3) is 0 Å². The van der Waals surface area contributed by atoms with Gasteiger partial charge in [0, 0.05) is 19.0 Å². The molecule has 1 fully saturated rings. The summed E-state index contributed by atoms with van der Waals surface area (Å²) in [6.45, 7) is 4.67. The molecule has 0 aliphatic carbocycles. The number of carbonyl (C=O) groups is 2. The van der Waals surface area contributed by atoms with Gasteiger partial charge in [-0.15, -0.1) is 0 Å². The summed E-state index contributed by atoms with van der Waals surface area (Å²) in [5.41, 5.74) is 0. The van der Waals surface area contributed by atoms with Crippen LogP contribution < -0.4 is 5.32 Å². The SMILES string of the molecule is CCCC1NC(=O)CCN(C(C)CCSC)C1=O. The summed E-state index contributed by atoms with van der Waals surface area (Å²) in [6.07, 6.45) is 5.12. The van der Waals surface area contributed by atoms with Crippen molar-refractivity contribution in [2.45, 2.75) is 51.6 Å². The molecule has 4 nitrogen and oxygen atoms in total. The third kappa shape index (κ3) is 4.19. The molecule has 0 saturated carbocycles. The number of amides is 2. The Morgan fingerprint density at radius 1 is 1.50 bits per heavy atom. The molecule has 0 radical (unpaired) electrons. The van der Waals surface area contributed by atoms with Gasteiger partial charge in [-0.25, -0.2) is 0 Å². The number of rotatable bonds is 6. The summed E-state index contributed by atoms with van der Waals surface area (Å²) in [5, 5.41) is 2.84.